The van der Waals surface area contributed by atoms with Gasteiger partial charge in [0.15, 0.2) is 0 Å². The average molecular weight is 473 g/mol. The van der Waals surface area contributed by atoms with E-state index in [2.05, 4.69) is 36.6 Å². The molecule has 0 bridgehead atoms. The molecule has 1 amide bonds. The molecule has 0 spiro atoms. The van der Waals surface area contributed by atoms with Gasteiger partial charge in [0, 0.05) is 46.1 Å². The van der Waals surface area contributed by atoms with Crippen molar-refractivity contribution in [3.63, 3.8) is 0 Å². The first-order valence-electron chi connectivity index (χ1n) is 10.9. The lowest BCUT2D eigenvalue weighted by atomic mass is 10.1. The Morgan fingerprint density at radius 1 is 1.09 bits per heavy atom. The van der Waals surface area contributed by atoms with E-state index in [1.807, 2.05) is 56.4 Å². The molecule has 3 N–H and O–H groups in total. The highest BCUT2D eigenvalue weighted by Gasteiger charge is 2.08. The molecule has 2 aromatic carbocycles. The number of guanidine groups is 1. The fourth-order valence-corrected chi connectivity index (χ4v) is 3.65. The number of amides is 1. The second kappa shape index (κ2) is 10.8. The summed E-state index contributed by atoms with van der Waals surface area (Å²) >= 11 is 5.92. The van der Waals surface area contributed by atoms with Crippen molar-refractivity contribution in [2.75, 3.05) is 11.9 Å². The van der Waals surface area contributed by atoms with E-state index in [1.165, 1.54) is 11.5 Å². The topological polar surface area (TPSA) is 95.1 Å². The number of benzene rings is 2. The number of rotatable bonds is 6. The van der Waals surface area contributed by atoms with Crippen LogP contribution in [0.5, 0.6) is 0 Å². The number of hydrogen-bond donors (Lipinski definition) is 3. The van der Waals surface area contributed by atoms with Gasteiger partial charge in [0.25, 0.3) is 5.91 Å². The molecule has 0 saturated heterocycles. The smallest absolute Gasteiger partial charge is 0.250 e. The average Bonchev–Trinajstić information content (AvgIpc) is 3.21. The number of fused-ring (bicyclic) bond motifs is 1. The van der Waals surface area contributed by atoms with Crippen molar-refractivity contribution in [2.24, 2.45) is 4.99 Å². The van der Waals surface area contributed by atoms with E-state index >= 15 is 0 Å². The molecular formula is C26H25ClN6O. The lowest BCUT2D eigenvalue weighted by Crippen LogP contribution is -2.35. The first-order chi connectivity index (χ1) is 16.5. The summed E-state index contributed by atoms with van der Waals surface area (Å²) in [6.07, 6.45) is 5.86. The van der Waals surface area contributed by atoms with Gasteiger partial charge in [0.2, 0.25) is 11.9 Å². The molecule has 172 valence electrons. The first kappa shape index (κ1) is 23.2. The SMILES string of the molecule is Cc1cc(C)nc(NC(=NCCc2c[nH]c3ccccc23)NC(=O)/C=C/c2ccc(Cl)cc2)n1. The number of anilines is 1. The van der Waals surface area contributed by atoms with Crippen LogP contribution in [0.15, 0.2) is 71.9 Å². The molecule has 0 unspecified atom stereocenters. The summed E-state index contributed by atoms with van der Waals surface area (Å²) in [5, 5.41) is 7.66. The van der Waals surface area contributed by atoms with Crippen LogP contribution in [0, 0.1) is 13.8 Å². The summed E-state index contributed by atoms with van der Waals surface area (Å²) in [6, 6.07) is 17.2. The third kappa shape index (κ3) is 6.30. The fraction of sp³-hybridized carbons (Fsp3) is 0.154. The van der Waals surface area contributed by atoms with E-state index in [0.29, 0.717) is 23.9 Å². The Balaban J connectivity index is 1.49. The van der Waals surface area contributed by atoms with Crippen LogP contribution in [0.2, 0.25) is 5.02 Å². The summed E-state index contributed by atoms with van der Waals surface area (Å²) in [7, 11) is 0. The van der Waals surface area contributed by atoms with E-state index in [0.717, 1.165) is 28.0 Å². The minimum absolute atomic E-state index is 0.288. The van der Waals surface area contributed by atoms with Crippen LogP contribution >= 0.6 is 11.6 Å². The number of para-hydroxylation sites is 1. The molecule has 0 aliphatic carbocycles. The van der Waals surface area contributed by atoms with Gasteiger partial charge < -0.3 is 4.98 Å². The number of hydrogen-bond acceptors (Lipinski definition) is 4. The zero-order valence-corrected chi connectivity index (χ0v) is 19.7. The molecule has 2 aromatic heterocycles. The van der Waals surface area contributed by atoms with Gasteiger partial charge in [-0.15, -0.1) is 0 Å². The molecule has 0 atom stereocenters. The number of carbonyl (C=O) groups is 1. The van der Waals surface area contributed by atoms with Crippen LogP contribution in [-0.4, -0.2) is 33.4 Å². The van der Waals surface area contributed by atoms with Crippen LogP contribution < -0.4 is 10.6 Å². The third-order valence-electron chi connectivity index (χ3n) is 5.08. The van der Waals surface area contributed by atoms with E-state index < -0.39 is 0 Å². The highest BCUT2D eigenvalue weighted by molar-refractivity contribution is 6.30. The van der Waals surface area contributed by atoms with Gasteiger partial charge >= 0.3 is 0 Å². The summed E-state index contributed by atoms with van der Waals surface area (Å²) in [6.45, 7) is 4.25. The van der Waals surface area contributed by atoms with Crippen LogP contribution in [0.1, 0.15) is 22.5 Å². The number of H-pyrrole nitrogens is 1. The number of aromatic amines is 1. The Bertz CT molecular complexity index is 1340. The summed E-state index contributed by atoms with van der Waals surface area (Å²) < 4.78 is 0. The Morgan fingerprint density at radius 3 is 2.59 bits per heavy atom. The Labute approximate surface area is 203 Å². The Morgan fingerprint density at radius 2 is 1.82 bits per heavy atom. The molecule has 0 saturated carbocycles. The van der Waals surface area contributed by atoms with Crippen molar-refractivity contribution >= 4 is 46.4 Å². The van der Waals surface area contributed by atoms with Gasteiger partial charge in [-0.1, -0.05) is 41.9 Å². The van der Waals surface area contributed by atoms with Crippen molar-refractivity contribution in [3.8, 4) is 0 Å². The number of nitrogens with zero attached hydrogens (tertiary/aromatic N) is 3. The standard InChI is InChI=1S/C26H25ClN6O/c1-17-15-18(2)31-26(30-17)33-25(32-24(34)12-9-19-7-10-21(27)11-8-19)28-14-13-20-16-29-23-6-4-3-5-22(20)23/h3-12,15-16,29H,13-14H2,1-2H3,(H2,28,30,31,32,33,34)/b12-9+. The van der Waals surface area contributed by atoms with E-state index in [4.69, 9.17) is 11.6 Å². The Hall–Kier alpha value is -3.97. The first-order valence-corrected chi connectivity index (χ1v) is 11.3. The molecule has 4 aromatic rings. The molecule has 8 heteroatoms. The van der Waals surface area contributed by atoms with Crippen LogP contribution in [-0.2, 0) is 11.2 Å². The zero-order valence-electron chi connectivity index (χ0n) is 19.0. The van der Waals surface area contributed by atoms with Crippen molar-refractivity contribution in [2.45, 2.75) is 20.3 Å². The van der Waals surface area contributed by atoms with Gasteiger partial charge in [-0.3, -0.25) is 20.4 Å². The number of aliphatic imine (C=N–C) groups is 1. The van der Waals surface area contributed by atoms with Gasteiger partial charge in [-0.2, -0.15) is 0 Å². The highest BCUT2D eigenvalue weighted by Crippen LogP contribution is 2.18. The minimum atomic E-state index is -0.322. The van der Waals surface area contributed by atoms with Crippen molar-refractivity contribution < 1.29 is 4.79 Å². The predicted octanol–water partition coefficient (Wildman–Crippen LogP) is 5.07. The molecular weight excluding hydrogens is 448 g/mol. The molecule has 4 rings (SSSR count). The minimum Gasteiger partial charge on any atom is -0.361 e. The fourth-order valence-electron chi connectivity index (χ4n) is 3.53. The summed E-state index contributed by atoms with van der Waals surface area (Å²) in [4.78, 5) is 29.2. The summed E-state index contributed by atoms with van der Waals surface area (Å²) in [5.41, 5.74) is 4.76. The van der Waals surface area contributed by atoms with Crippen LogP contribution in [0.4, 0.5) is 5.95 Å². The van der Waals surface area contributed by atoms with Crippen LogP contribution in [0.3, 0.4) is 0 Å². The molecule has 2 heterocycles. The summed E-state index contributed by atoms with van der Waals surface area (Å²) in [5.74, 6) is 0.346. The molecule has 7 nitrogen and oxygen atoms in total. The van der Waals surface area contributed by atoms with E-state index in [-0.39, 0.29) is 11.9 Å². The lowest BCUT2D eigenvalue weighted by Gasteiger charge is -2.10. The van der Waals surface area contributed by atoms with Crippen LogP contribution in [0.25, 0.3) is 17.0 Å². The molecule has 0 fully saturated rings. The second-order valence-electron chi connectivity index (χ2n) is 7.81. The molecule has 0 aliphatic heterocycles. The maximum atomic E-state index is 12.6. The number of aromatic nitrogens is 3. The van der Waals surface area contributed by atoms with Crippen molar-refractivity contribution in [3.05, 3.63) is 94.4 Å². The normalized spacial score (nSPS) is 11.8. The number of halogens is 1. The van der Waals surface area contributed by atoms with Gasteiger partial charge in [0.1, 0.15) is 0 Å². The molecule has 34 heavy (non-hydrogen) atoms. The number of aryl methyl sites for hydroxylation is 2. The largest absolute Gasteiger partial charge is 0.361 e. The second-order valence-corrected chi connectivity index (χ2v) is 8.25. The maximum Gasteiger partial charge on any atom is 0.250 e. The Kier molecular flexibility index (Phi) is 7.34. The highest BCUT2D eigenvalue weighted by atomic mass is 35.5. The lowest BCUT2D eigenvalue weighted by molar-refractivity contribution is -0.115. The quantitative estimate of drug-likeness (QED) is 0.207. The number of carbonyl (C=O) groups excluding carboxylic acids is 1. The van der Waals surface area contributed by atoms with Crippen molar-refractivity contribution in [1.82, 2.24) is 20.3 Å². The van der Waals surface area contributed by atoms with Gasteiger partial charge in [-0.25, -0.2) is 9.97 Å². The number of nitrogens with one attached hydrogen (secondary N) is 3. The van der Waals surface area contributed by atoms with Gasteiger partial charge in [0.05, 0.1) is 0 Å². The third-order valence-corrected chi connectivity index (χ3v) is 5.33. The zero-order chi connectivity index (χ0) is 23.9. The van der Waals surface area contributed by atoms with E-state index in [1.54, 1.807) is 18.2 Å². The van der Waals surface area contributed by atoms with Gasteiger partial charge in [-0.05, 0) is 61.7 Å². The monoisotopic (exact) mass is 472 g/mol. The molecule has 0 radical (unpaired) electrons. The van der Waals surface area contributed by atoms with Crippen molar-refractivity contribution in [1.29, 1.82) is 0 Å². The van der Waals surface area contributed by atoms with E-state index in [9.17, 15) is 4.79 Å². The molecule has 0 aliphatic rings. The predicted molar refractivity (Wildman–Crippen MR) is 138 cm³/mol. The maximum absolute atomic E-state index is 12.6.